The summed E-state index contributed by atoms with van der Waals surface area (Å²) in [4.78, 5) is 32.2. The summed E-state index contributed by atoms with van der Waals surface area (Å²) in [6.45, 7) is 3.56. The molecular formula is C30H33ClN6O4S. The Balaban J connectivity index is 1.51. The SMILES string of the molecule is CN1CCN(CC(=O)N(C)c2ccc(NC(=C3C(=O)Nc4cc(Cl)ccc43)c3ccccc3)cc2NS(C)(=O)=O)CC1. The van der Waals surface area contributed by atoms with Crippen molar-refractivity contribution in [3.8, 4) is 0 Å². The summed E-state index contributed by atoms with van der Waals surface area (Å²) < 4.78 is 27.2. The third-order valence-electron chi connectivity index (χ3n) is 7.29. The maximum atomic E-state index is 13.2. The molecule has 0 aromatic heterocycles. The minimum absolute atomic E-state index is 0.151. The normalized spacial score (nSPS) is 16.9. The molecule has 0 saturated carbocycles. The van der Waals surface area contributed by atoms with E-state index >= 15 is 0 Å². The lowest BCUT2D eigenvalue weighted by Gasteiger charge is -2.33. The van der Waals surface area contributed by atoms with Crippen LogP contribution in [0.2, 0.25) is 5.02 Å². The number of hydrogen-bond acceptors (Lipinski definition) is 7. The molecule has 0 aliphatic carbocycles. The molecule has 3 aromatic carbocycles. The Morgan fingerprint density at radius 2 is 1.74 bits per heavy atom. The van der Waals surface area contributed by atoms with Gasteiger partial charge in [-0.3, -0.25) is 19.2 Å². The van der Waals surface area contributed by atoms with Crippen molar-refractivity contribution in [2.75, 3.05) is 73.3 Å². The van der Waals surface area contributed by atoms with Crippen LogP contribution < -0.4 is 20.3 Å². The summed E-state index contributed by atoms with van der Waals surface area (Å²) in [7, 11) is 0.00933. The number of benzene rings is 3. The fourth-order valence-corrected chi connectivity index (χ4v) is 5.78. The van der Waals surface area contributed by atoms with E-state index in [1.807, 2.05) is 30.3 Å². The lowest BCUT2D eigenvalue weighted by Crippen LogP contribution is -2.48. The molecule has 0 bridgehead atoms. The third-order valence-corrected chi connectivity index (χ3v) is 8.12. The first kappa shape index (κ1) is 29.6. The van der Waals surface area contributed by atoms with Crippen LogP contribution in [0.15, 0.2) is 66.7 Å². The lowest BCUT2D eigenvalue weighted by molar-refractivity contribution is -0.119. The monoisotopic (exact) mass is 608 g/mol. The van der Waals surface area contributed by atoms with Gasteiger partial charge in [0.1, 0.15) is 0 Å². The number of likely N-dealkylation sites (N-methyl/N-ethyl adjacent to an activating group) is 2. The first-order chi connectivity index (χ1) is 20.0. The molecule has 12 heteroatoms. The molecule has 10 nitrogen and oxygen atoms in total. The zero-order valence-electron chi connectivity index (χ0n) is 23.6. The van der Waals surface area contributed by atoms with Crippen molar-refractivity contribution in [1.29, 1.82) is 0 Å². The van der Waals surface area contributed by atoms with Gasteiger partial charge < -0.3 is 20.4 Å². The first-order valence-corrected chi connectivity index (χ1v) is 15.7. The molecule has 220 valence electrons. The summed E-state index contributed by atoms with van der Waals surface area (Å²) in [6.07, 6.45) is 1.06. The summed E-state index contributed by atoms with van der Waals surface area (Å²) >= 11 is 6.17. The summed E-state index contributed by atoms with van der Waals surface area (Å²) in [5.74, 6) is -0.444. The Morgan fingerprint density at radius 3 is 2.43 bits per heavy atom. The number of carbonyl (C=O) groups excluding carboxylic acids is 2. The van der Waals surface area contributed by atoms with Crippen molar-refractivity contribution in [3.05, 3.63) is 82.9 Å². The molecule has 2 aliphatic heterocycles. The van der Waals surface area contributed by atoms with Crippen molar-refractivity contribution in [3.63, 3.8) is 0 Å². The predicted octanol–water partition coefficient (Wildman–Crippen LogP) is 3.85. The zero-order chi connectivity index (χ0) is 30.0. The lowest BCUT2D eigenvalue weighted by atomic mass is 10.00. The van der Waals surface area contributed by atoms with Gasteiger partial charge in [-0.1, -0.05) is 48.0 Å². The zero-order valence-corrected chi connectivity index (χ0v) is 25.2. The number of anilines is 4. The molecule has 2 heterocycles. The summed E-state index contributed by atoms with van der Waals surface area (Å²) in [5.41, 5.74) is 4.18. The average Bonchev–Trinajstić information content (AvgIpc) is 3.26. The van der Waals surface area contributed by atoms with E-state index in [1.54, 1.807) is 43.4 Å². The highest BCUT2D eigenvalue weighted by molar-refractivity contribution is 7.92. The van der Waals surface area contributed by atoms with Crippen molar-refractivity contribution in [2.45, 2.75) is 0 Å². The fourth-order valence-electron chi connectivity index (χ4n) is 5.05. The van der Waals surface area contributed by atoms with E-state index in [0.29, 0.717) is 38.9 Å². The Labute approximate surface area is 251 Å². The third kappa shape index (κ3) is 6.76. The van der Waals surface area contributed by atoms with Crippen LogP contribution in [-0.2, 0) is 19.6 Å². The van der Waals surface area contributed by atoms with E-state index < -0.39 is 10.0 Å². The van der Waals surface area contributed by atoms with Gasteiger partial charge in [-0.25, -0.2) is 8.42 Å². The van der Waals surface area contributed by atoms with E-state index in [1.165, 1.54) is 4.90 Å². The molecule has 3 aromatic rings. The number of fused-ring (bicyclic) bond motifs is 1. The highest BCUT2D eigenvalue weighted by atomic mass is 35.5. The standard InChI is InChI=1S/C30H33ClN6O4S/c1-35-13-15-37(16-14-35)19-27(38)36(2)26-12-10-22(18-25(26)34-42(3,40)41)32-29(20-7-5-4-6-8-20)28-23-11-9-21(31)17-24(23)33-30(28)39/h4-12,17-18,32,34H,13-16,19H2,1-3H3,(H,33,39). The molecule has 1 fully saturated rings. The first-order valence-electron chi connectivity index (χ1n) is 13.5. The number of carbonyl (C=O) groups is 2. The molecule has 42 heavy (non-hydrogen) atoms. The van der Waals surface area contributed by atoms with Crippen molar-refractivity contribution >= 4 is 67.5 Å². The van der Waals surface area contributed by atoms with Crippen LogP contribution in [0, 0.1) is 0 Å². The molecule has 1 saturated heterocycles. The predicted molar refractivity (Wildman–Crippen MR) is 169 cm³/mol. The maximum absolute atomic E-state index is 13.2. The summed E-state index contributed by atoms with van der Waals surface area (Å²) in [5, 5.41) is 6.73. The van der Waals surface area contributed by atoms with Gasteiger partial charge >= 0.3 is 0 Å². The van der Waals surface area contributed by atoms with Gasteiger partial charge in [0, 0.05) is 49.5 Å². The fraction of sp³-hybridized carbons (Fsp3) is 0.267. The van der Waals surface area contributed by atoms with Gasteiger partial charge in [0.15, 0.2) is 0 Å². The van der Waals surface area contributed by atoms with Crippen LogP contribution >= 0.6 is 11.6 Å². The van der Waals surface area contributed by atoms with E-state index in [4.69, 9.17) is 11.6 Å². The van der Waals surface area contributed by atoms with Gasteiger partial charge in [-0.05, 0) is 42.9 Å². The Hall–Kier alpha value is -3.90. The number of hydrogen-bond donors (Lipinski definition) is 3. The van der Waals surface area contributed by atoms with Crippen LogP contribution in [0.4, 0.5) is 22.7 Å². The van der Waals surface area contributed by atoms with Crippen LogP contribution in [0.25, 0.3) is 11.3 Å². The van der Waals surface area contributed by atoms with Crippen molar-refractivity contribution in [1.82, 2.24) is 9.80 Å². The molecule has 0 atom stereocenters. The number of nitrogens with zero attached hydrogens (tertiary/aromatic N) is 3. The Morgan fingerprint density at radius 1 is 1.02 bits per heavy atom. The van der Waals surface area contributed by atoms with Gasteiger partial charge in [0.25, 0.3) is 5.91 Å². The number of rotatable bonds is 8. The van der Waals surface area contributed by atoms with Gasteiger partial charge in [-0.15, -0.1) is 0 Å². The second kappa shape index (κ2) is 12.1. The molecule has 0 unspecified atom stereocenters. The van der Waals surface area contributed by atoms with Crippen LogP contribution in [-0.4, -0.2) is 83.1 Å². The highest BCUT2D eigenvalue weighted by Gasteiger charge is 2.29. The Bertz CT molecular complexity index is 1650. The average molecular weight is 609 g/mol. The number of amides is 2. The minimum atomic E-state index is -3.68. The molecule has 0 spiro atoms. The highest BCUT2D eigenvalue weighted by Crippen LogP contribution is 2.39. The van der Waals surface area contributed by atoms with Crippen molar-refractivity contribution in [2.24, 2.45) is 0 Å². The molecule has 3 N–H and O–H groups in total. The van der Waals surface area contributed by atoms with Crippen LogP contribution in [0.1, 0.15) is 11.1 Å². The summed E-state index contributed by atoms with van der Waals surface area (Å²) in [6, 6.07) is 19.6. The second-order valence-electron chi connectivity index (χ2n) is 10.5. The quantitative estimate of drug-likeness (QED) is 0.333. The largest absolute Gasteiger partial charge is 0.354 e. The number of sulfonamides is 1. The number of piperazine rings is 1. The topological polar surface area (TPSA) is 114 Å². The molecule has 2 aliphatic rings. The van der Waals surface area contributed by atoms with Gasteiger partial charge in [0.2, 0.25) is 15.9 Å². The molecule has 0 radical (unpaired) electrons. The second-order valence-corrected chi connectivity index (χ2v) is 12.7. The van der Waals surface area contributed by atoms with Gasteiger partial charge in [0.05, 0.1) is 41.1 Å². The minimum Gasteiger partial charge on any atom is -0.354 e. The molecular weight excluding hydrogens is 576 g/mol. The van der Waals surface area contributed by atoms with Crippen LogP contribution in [0.3, 0.4) is 0 Å². The van der Waals surface area contributed by atoms with E-state index in [9.17, 15) is 18.0 Å². The number of nitrogens with one attached hydrogen (secondary N) is 3. The van der Waals surface area contributed by atoms with E-state index in [2.05, 4.69) is 32.2 Å². The maximum Gasteiger partial charge on any atom is 0.258 e. The van der Waals surface area contributed by atoms with E-state index in [-0.39, 0.29) is 24.0 Å². The molecule has 2 amide bonds. The number of halogens is 1. The van der Waals surface area contributed by atoms with Crippen molar-refractivity contribution < 1.29 is 18.0 Å². The Kier molecular flexibility index (Phi) is 8.55. The van der Waals surface area contributed by atoms with Gasteiger partial charge in [-0.2, -0.15) is 0 Å². The van der Waals surface area contributed by atoms with Crippen LogP contribution in [0.5, 0.6) is 0 Å². The smallest absolute Gasteiger partial charge is 0.258 e. The van der Waals surface area contributed by atoms with E-state index in [0.717, 1.165) is 38.0 Å². The molecule has 5 rings (SSSR count).